The Morgan fingerprint density at radius 2 is 1.76 bits per heavy atom. The van der Waals surface area contributed by atoms with Crippen LogP contribution in [0.1, 0.15) is 5.56 Å². The number of carbonyl (C=O) groups is 1. The molecule has 1 atom stereocenters. The number of nitrogens with zero attached hydrogens (tertiary/aromatic N) is 1. The second kappa shape index (κ2) is 5.48. The van der Waals surface area contributed by atoms with Crippen LogP contribution in [0.5, 0.6) is 0 Å². The van der Waals surface area contributed by atoms with Gasteiger partial charge in [-0.15, -0.1) is 11.3 Å². The molecule has 0 fully saturated rings. The predicted molar refractivity (Wildman–Crippen MR) is 83.5 cm³/mol. The van der Waals surface area contributed by atoms with Crippen molar-refractivity contribution in [2.75, 3.05) is 0 Å². The molecule has 0 saturated carbocycles. The summed E-state index contributed by atoms with van der Waals surface area (Å²) in [4.78, 5) is 13.9. The average Bonchev–Trinajstić information content (AvgIpc) is 2.89. The zero-order valence-corrected chi connectivity index (χ0v) is 12.4. The first kappa shape index (κ1) is 14.1. The van der Waals surface area contributed by atoms with Gasteiger partial charge in [-0.3, -0.25) is 0 Å². The van der Waals surface area contributed by atoms with Crippen molar-refractivity contribution < 1.29 is 15.0 Å². The third-order valence-electron chi connectivity index (χ3n) is 2.96. The molecular formula is C15H11NO3S2. The molecule has 0 spiro atoms. The summed E-state index contributed by atoms with van der Waals surface area (Å²) >= 11 is 2.21. The van der Waals surface area contributed by atoms with E-state index >= 15 is 0 Å². The van der Waals surface area contributed by atoms with Gasteiger partial charge in [0.05, 0.1) is 10.2 Å². The van der Waals surface area contributed by atoms with E-state index in [9.17, 15) is 15.0 Å². The molecular weight excluding hydrogens is 306 g/mol. The average molecular weight is 317 g/mol. The number of hydrogen-bond acceptors (Lipinski definition) is 5. The first-order valence-corrected chi connectivity index (χ1v) is 7.79. The van der Waals surface area contributed by atoms with E-state index in [4.69, 9.17) is 0 Å². The molecule has 21 heavy (non-hydrogen) atoms. The van der Waals surface area contributed by atoms with E-state index in [-0.39, 0.29) is 0 Å². The molecule has 3 aromatic rings. The Bertz CT molecular complexity index is 755. The van der Waals surface area contributed by atoms with Gasteiger partial charge >= 0.3 is 5.97 Å². The van der Waals surface area contributed by atoms with Crippen molar-refractivity contribution >= 4 is 39.3 Å². The first-order chi connectivity index (χ1) is 10.1. The van der Waals surface area contributed by atoms with Gasteiger partial charge in [0.2, 0.25) is 4.93 Å². The standard InChI is InChI=1S/C15H11NO3S2/c17-13(18)15(19,10-6-2-1-3-7-10)21-14-16-11-8-4-5-9-12(11)20-14/h1-9,19H,(H,17,18). The lowest BCUT2D eigenvalue weighted by atomic mass is 10.1. The van der Waals surface area contributed by atoms with Crippen LogP contribution < -0.4 is 0 Å². The van der Waals surface area contributed by atoms with E-state index in [0.717, 1.165) is 22.0 Å². The monoisotopic (exact) mass is 317 g/mol. The van der Waals surface area contributed by atoms with Crippen molar-refractivity contribution in [1.82, 2.24) is 4.98 Å². The minimum atomic E-state index is -2.05. The number of thiazole rings is 1. The predicted octanol–water partition coefficient (Wildman–Crippen LogP) is 3.32. The maximum atomic E-state index is 11.5. The van der Waals surface area contributed by atoms with E-state index in [0.29, 0.717) is 9.90 Å². The number of carboxylic acid groups (broad SMARTS) is 1. The van der Waals surface area contributed by atoms with E-state index < -0.39 is 10.9 Å². The molecule has 0 saturated heterocycles. The lowest BCUT2D eigenvalue weighted by Crippen LogP contribution is -2.31. The number of para-hydroxylation sites is 1. The summed E-state index contributed by atoms with van der Waals surface area (Å²) in [6, 6.07) is 15.9. The van der Waals surface area contributed by atoms with Crippen LogP contribution >= 0.6 is 23.1 Å². The van der Waals surface area contributed by atoms with Crippen molar-refractivity contribution in [3.63, 3.8) is 0 Å². The van der Waals surface area contributed by atoms with Crippen molar-refractivity contribution in [1.29, 1.82) is 0 Å². The molecule has 1 heterocycles. The van der Waals surface area contributed by atoms with Gasteiger partial charge < -0.3 is 10.2 Å². The molecule has 2 N–H and O–H groups in total. The molecule has 4 nitrogen and oxygen atoms in total. The highest BCUT2D eigenvalue weighted by Gasteiger charge is 2.40. The largest absolute Gasteiger partial charge is 0.478 e. The number of hydrogen-bond donors (Lipinski definition) is 2. The highest BCUT2D eigenvalue weighted by atomic mass is 32.2. The highest BCUT2D eigenvalue weighted by Crippen LogP contribution is 2.42. The van der Waals surface area contributed by atoms with Crippen LogP contribution in [0.3, 0.4) is 0 Å². The molecule has 3 rings (SSSR count). The van der Waals surface area contributed by atoms with E-state index in [1.807, 2.05) is 24.3 Å². The number of rotatable bonds is 4. The van der Waals surface area contributed by atoms with Crippen molar-refractivity contribution in [2.45, 2.75) is 9.27 Å². The number of carboxylic acids is 1. The van der Waals surface area contributed by atoms with Crippen LogP contribution in [0, 0.1) is 0 Å². The zero-order valence-electron chi connectivity index (χ0n) is 10.8. The van der Waals surface area contributed by atoms with Crippen LogP contribution in [0.2, 0.25) is 0 Å². The number of aromatic nitrogens is 1. The van der Waals surface area contributed by atoms with Crippen molar-refractivity contribution in [3.05, 3.63) is 60.2 Å². The normalized spacial score (nSPS) is 14.0. The minimum Gasteiger partial charge on any atom is -0.478 e. The quantitative estimate of drug-likeness (QED) is 0.570. The van der Waals surface area contributed by atoms with E-state index in [2.05, 4.69) is 4.98 Å². The molecule has 0 bridgehead atoms. The van der Waals surface area contributed by atoms with Gasteiger partial charge in [-0.05, 0) is 23.9 Å². The third-order valence-corrected chi connectivity index (χ3v) is 5.27. The van der Waals surface area contributed by atoms with Crippen molar-refractivity contribution in [3.8, 4) is 0 Å². The molecule has 0 aliphatic carbocycles. The summed E-state index contributed by atoms with van der Waals surface area (Å²) in [6.07, 6.45) is 0. The zero-order chi connectivity index (χ0) is 14.9. The molecule has 1 aromatic heterocycles. The number of benzene rings is 2. The summed E-state index contributed by atoms with van der Waals surface area (Å²) in [5, 5.41) is 20.0. The molecule has 0 aliphatic heterocycles. The van der Waals surface area contributed by atoms with E-state index in [1.54, 1.807) is 30.3 Å². The van der Waals surface area contributed by atoms with Crippen molar-refractivity contribution in [2.24, 2.45) is 0 Å². The van der Waals surface area contributed by atoms with Gasteiger partial charge in [-0.25, -0.2) is 9.78 Å². The maximum absolute atomic E-state index is 11.5. The maximum Gasteiger partial charge on any atom is 0.351 e. The smallest absolute Gasteiger partial charge is 0.351 e. The van der Waals surface area contributed by atoms with Crippen LogP contribution in [0.25, 0.3) is 10.2 Å². The SMILES string of the molecule is O=C(O)C(O)(Sc1nc2ccccc2s1)c1ccccc1. The van der Waals surface area contributed by atoms with Crippen LogP contribution in [-0.4, -0.2) is 21.2 Å². The second-order valence-corrected chi connectivity index (χ2v) is 6.84. The van der Waals surface area contributed by atoms with Crippen LogP contribution in [0.15, 0.2) is 58.9 Å². The molecule has 1 unspecified atom stereocenters. The Labute approximate surface area is 129 Å². The summed E-state index contributed by atoms with van der Waals surface area (Å²) in [5.41, 5.74) is 1.12. The van der Waals surface area contributed by atoms with Gasteiger partial charge in [0.15, 0.2) is 4.34 Å². The topological polar surface area (TPSA) is 70.4 Å². The van der Waals surface area contributed by atoms with Gasteiger partial charge in [-0.1, -0.05) is 42.5 Å². The molecule has 6 heteroatoms. The molecule has 106 valence electrons. The lowest BCUT2D eigenvalue weighted by Gasteiger charge is -2.21. The van der Waals surface area contributed by atoms with Gasteiger partial charge in [0.25, 0.3) is 0 Å². The molecule has 0 amide bonds. The summed E-state index contributed by atoms with van der Waals surface area (Å²) < 4.78 is 1.48. The molecule has 2 aromatic carbocycles. The van der Waals surface area contributed by atoms with Gasteiger partial charge in [0.1, 0.15) is 0 Å². The minimum absolute atomic E-state index is 0.321. The summed E-state index contributed by atoms with van der Waals surface area (Å²) in [6.45, 7) is 0. The first-order valence-electron chi connectivity index (χ1n) is 6.15. The Balaban J connectivity index is 2.01. The number of aliphatic carboxylic acids is 1. The summed E-state index contributed by atoms with van der Waals surface area (Å²) in [5.74, 6) is -1.31. The van der Waals surface area contributed by atoms with E-state index in [1.165, 1.54) is 11.3 Å². The Hall–Kier alpha value is -1.89. The van der Waals surface area contributed by atoms with Crippen LogP contribution in [-0.2, 0) is 9.73 Å². The Kier molecular flexibility index (Phi) is 3.67. The fourth-order valence-electron chi connectivity index (χ4n) is 1.91. The fraction of sp³-hybridized carbons (Fsp3) is 0.0667. The number of fused-ring (bicyclic) bond motifs is 1. The molecule has 0 radical (unpaired) electrons. The third kappa shape index (κ3) is 2.65. The van der Waals surface area contributed by atoms with Crippen LogP contribution in [0.4, 0.5) is 0 Å². The molecule has 0 aliphatic rings. The number of thioether (sulfide) groups is 1. The second-order valence-electron chi connectivity index (χ2n) is 4.36. The summed E-state index contributed by atoms with van der Waals surface area (Å²) in [7, 11) is 0. The Morgan fingerprint density at radius 1 is 1.10 bits per heavy atom. The van der Waals surface area contributed by atoms with Gasteiger partial charge in [0, 0.05) is 5.56 Å². The fourth-order valence-corrected chi connectivity index (χ4v) is 4.14. The highest BCUT2D eigenvalue weighted by molar-refractivity contribution is 8.02. The van der Waals surface area contributed by atoms with Gasteiger partial charge in [-0.2, -0.15) is 0 Å². The Morgan fingerprint density at radius 3 is 2.43 bits per heavy atom. The number of aliphatic hydroxyl groups is 1. The lowest BCUT2D eigenvalue weighted by molar-refractivity contribution is -0.150.